The Labute approximate surface area is 169 Å². The van der Waals surface area contributed by atoms with Crippen LogP contribution in [-0.2, 0) is 9.84 Å². The summed E-state index contributed by atoms with van der Waals surface area (Å²) in [6.07, 6.45) is 2.78. The smallest absolute Gasteiger partial charge is 0.322 e. The van der Waals surface area contributed by atoms with Crippen molar-refractivity contribution >= 4 is 32.4 Å². The lowest BCUT2D eigenvalue weighted by Crippen LogP contribution is -2.48. The largest absolute Gasteiger partial charge is 0.324 e. The third-order valence-corrected chi connectivity index (χ3v) is 8.74. The normalized spacial score (nSPS) is 15.8. The molecule has 0 saturated carbocycles. The standard InChI is InChI=1S/C19H22N4O3S2/c1-19(2,28(25,26)16-6-4-3-5-14(16)13-20)15-8-11-23(12-9-15)18(24)22-17-7-10-21-27-17/h3-7,10,15H,8-9,11-12H2,1-2H3,(H,22,24). The molecule has 2 heterocycles. The number of likely N-dealkylation sites (tertiary alicyclic amines) is 1. The lowest BCUT2D eigenvalue weighted by Gasteiger charge is -2.40. The van der Waals surface area contributed by atoms with Gasteiger partial charge in [-0.2, -0.15) is 9.64 Å². The molecule has 28 heavy (non-hydrogen) atoms. The molecule has 1 saturated heterocycles. The Balaban J connectivity index is 1.72. The van der Waals surface area contributed by atoms with Gasteiger partial charge in [0.15, 0.2) is 9.84 Å². The highest BCUT2D eigenvalue weighted by Gasteiger charge is 2.45. The maximum absolute atomic E-state index is 13.3. The van der Waals surface area contributed by atoms with Crippen molar-refractivity contribution in [3.63, 3.8) is 0 Å². The Bertz CT molecular complexity index is 986. The van der Waals surface area contributed by atoms with Crippen LogP contribution >= 0.6 is 11.5 Å². The van der Waals surface area contributed by atoms with E-state index in [2.05, 4.69) is 9.69 Å². The second-order valence-electron chi connectivity index (χ2n) is 7.28. The number of nitriles is 1. The number of sulfone groups is 1. The van der Waals surface area contributed by atoms with Gasteiger partial charge < -0.3 is 4.90 Å². The van der Waals surface area contributed by atoms with Crippen LogP contribution < -0.4 is 5.32 Å². The fraction of sp³-hybridized carbons (Fsp3) is 0.421. The molecular weight excluding hydrogens is 396 g/mol. The number of piperidine rings is 1. The fourth-order valence-corrected chi connectivity index (χ4v) is 5.93. The first-order valence-corrected chi connectivity index (χ1v) is 11.2. The molecule has 1 aliphatic heterocycles. The lowest BCUT2D eigenvalue weighted by atomic mass is 9.86. The van der Waals surface area contributed by atoms with Crippen LogP contribution in [0, 0.1) is 17.2 Å². The molecule has 0 aliphatic carbocycles. The molecule has 3 rings (SSSR count). The monoisotopic (exact) mass is 418 g/mol. The van der Waals surface area contributed by atoms with E-state index in [4.69, 9.17) is 0 Å². The van der Waals surface area contributed by atoms with Crippen molar-refractivity contribution in [1.82, 2.24) is 9.27 Å². The molecule has 1 aliphatic rings. The number of carbonyl (C=O) groups is 1. The second kappa shape index (κ2) is 7.89. The zero-order chi connectivity index (χ0) is 20.4. The van der Waals surface area contributed by atoms with Gasteiger partial charge in [0.05, 0.1) is 15.2 Å². The number of benzene rings is 1. The van der Waals surface area contributed by atoms with Crippen LogP contribution in [0.2, 0.25) is 0 Å². The molecule has 148 valence electrons. The van der Waals surface area contributed by atoms with Crippen LogP contribution in [0.3, 0.4) is 0 Å². The van der Waals surface area contributed by atoms with Gasteiger partial charge in [-0.1, -0.05) is 12.1 Å². The molecule has 1 aromatic heterocycles. The van der Waals surface area contributed by atoms with Gasteiger partial charge in [-0.25, -0.2) is 13.2 Å². The van der Waals surface area contributed by atoms with Crippen molar-refractivity contribution in [2.75, 3.05) is 18.4 Å². The van der Waals surface area contributed by atoms with Gasteiger partial charge in [-0.05, 0) is 62.3 Å². The molecule has 0 spiro atoms. The Morgan fingerprint density at radius 3 is 2.57 bits per heavy atom. The second-order valence-corrected chi connectivity index (χ2v) is 10.6. The average molecular weight is 419 g/mol. The summed E-state index contributed by atoms with van der Waals surface area (Å²) in [7, 11) is -3.71. The van der Waals surface area contributed by atoms with Gasteiger partial charge in [0.2, 0.25) is 0 Å². The van der Waals surface area contributed by atoms with E-state index in [1.807, 2.05) is 6.07 Å². The molecule has 9 heteroatoms. The molecule has 1 fully saturated rings. The SMILES string of the molecule is CC(C)(C1CCN(C(=O)Nc2ccns2)CC1)S(=O)(=O)c1ccccc1C#N. The van der Waals surface area contributed by atoms with E-state index >= 15 is 0 Å². The van der Waals surface area contributed by atoms with E-state index in [9.17, 15) is 18.5 Å². The van der Waals surface area contributed by atoms with Crippen LogP contribution in [0.5, 0.6) is 0 Å². The molecule has 7 nitrogen and oxygen atoms in total. The summed E-state index contributed by atoms with van der Waals surface area (Å²) in [5.74, 6) is -0.114. The quantitative estimate of drug-likeness (QED) is 0.818. The van der Waals surface area contributed by atoms with Crippen molar-refractivity contribution in [3.8, 4) is 6.07 Å². The Morgan fingerprint density at radius 1 is 1.29 bits per heavy atom. The van der Waals surface area contributed by atoms with Crippen molar-refractivity contribution in [2.24, 2.45) is 5.92 Å². The first kappa shape index (κ1) is 20.3. The first-order chi connectivity index (χ1) is 13.3. The van der Waals surface area contributed by atoms with Gasteiger partial charge in [0.1, 0.15) is 11.1 Å². The van der Waals surface area contributed by atoms with Crippen LogP contribution in [0.4, 0.5) is 9.80 Å². The number of amides is 2. The van der Waals surface area contributed by atoms with E-state index in [1.165, 1.54) is 23.7 Å². The van der Waals surface area contributed by atoms with E-state index in [-0.39, 0.29) is 22.4 Å². The number of nitrogens with zero attached hydrogens (tertiary/aromatic N) is 3. The highest BCUT2D eigenvalue weighted by molar-refractivity contribution is 7.92. The number of hydrogen-bond donors (Lipinski definition) is 1. The molecular formula is C19H22N4O3S2. The Morgan fingerprint density at radius 2 is 1.96 bits per heavy atom. The number of hydrogen-bond acceptors (Lipinski definition) is 6. The first-order valence-electron chi connectivity index (χ1n) is 8.97. The third-order valence-electron chi connectivity index (χ3n) is 5.42. The van der Waals surface area contributed by atoms with E-state index in [0.29, 0.717) is 30.9 Å². The van der Waals surface area contributed by atoms with Crippen molar-refractivity contribution in [1.29, 1.82) is 5.26 Å². The van der Waals surface area contributed by atoms with Gasteiger partial charge in [0.25, 0.3) is 0 Å². The molecule has 1 N–H and O–H groups in total. The number of anilines is 1. The minimum absolute atomic E-state index is 0.0767. The van der Waals surface area contributed by atoms with Crippen LogP contribution in [0.15, 0.2) is 41.4 Å². The maximum Gasteiger partial charge on any atom is 0.322 e. The van der Waals surface area contributed by atoms with Gasteiger partial charge in [-0.15, -0.1) is 0 Å². The molecule has 2 aromatic rings. The van der Waals surface area contributed by atoms with E-state index in [0.717, 1.165) is 0 Å². The maximum atomic E-state index is 13.3. The van der Waals surface area contributed by atoms with Gasteiger partial charge >= 0.3 is 6.03 Å². The van der Waals surface area contributed by atoms with Crippen LogP contribution in [0.25, 0.3) is 0 Å². The van der Waals surface area contributed by atoms with Crippen molar-refractivity contribution in [3.05, 3.63) is 42.1 Å². The molecule has 0 radical (unpaired) electrons. The number of rotatable bonds is 4. The van der Waals surface area contributed by atoms with Crippen molar-refractivity contribution in [2.45, 2.75) is 36.3 Å². The summed E-state index contributed by atoms with van der Waals surface area (Å²) in [5.41, 5.74) is 0.164. The number of carbonyl (C=O) groups excluding carboxylic acids is 1. The van der Waals surface area contributed by atoms with Crippen LogP contribution in [-0.4, -0.2) is 41.6 Å². The highest BCUT2D eigenvalue weighted by atomic mass is 32.2. The van der Waals surface area contributed by atoms with Crippen LogP contribution in [0.1, 0.15) is 32.3 Å². The van der Waals surface area contributed by atoms with Gasteiger partial charge in [0, 0.05) is 19.3 Å². The Hall–Kier alpha value is -2.44. The number of urea groups is 1. The summed E-state index contributed by atoms with van der Waals surface area (Å²) < 4.78 is 29.5. The molecule has 2 amide bonds. The Kier molecular flexibility index (Phi) is 5.72. The number of nitrogens with one attached hydrogen (secondary N) is 1. The average Bonchev–Trinajstić information content (AvgIpc) is 3.20. The predicted molar refractivity (Wildman–Crippen MR) is 108 cm³/mol. The summed E-state index contributed by atoms with van der Waals surface area (Å²) in [4.78, 5) is 14.1. The van der Waals surface area contributed by atoms with Crippen molar-refractivity contribution < 1.29 is 13.2 Å². The molecule has 0 atom stereocenters. The fourth-order valence-electron chi connectivity index (χ4n) is 3.54. The minimum atomic E-state index is -3.71. The zero-order valence-electron chi connectivity index (χ0n) is 15.8. The van der Waals surface area contributed by atoms with E-state index in [1.54, 1.807) is 43.1 Å². The number of aromatic nitrogens is 1. The summed E-state index contributed by atoms with van der Waals surface area (Å²) in [5, 5.41) is 12.8. The molecule has 1 aromatic carbocycles. The predicted octanol–water partition coefficient (Wildman–Crippen LogP) is 3.51. The lowest BCUT2D eigenvalue weighted by molar-refractivity contribution is 0.171. The summed E-state index contributed by atoms with van der Waals surface area (Å²) >= 11 is 1.21. The van der Waals surface area contributed by atoms with E-state index < -0.39 is 14.6 Å². The van der Waals surface area contributed by atoms with Gasteiger partial charge in [-0.3, -0.25) is 5.32 Å². The highest BCUT2D eigenvalue weighted by Crippen LogP contribution is 2.38. The third kappa shape index (κ3) is 3.75. The summed E-state index contributed by atoms with van der Waals surface area (Å²) in [6.45, 7) is 4.39. The topological polar surface area (TPSA) is 103 Å². The summed E-state index contributed by atoms with van der Waals surface area (Å²) in [6, 6.07) is 9.82. The molecule has 0 unspecified atom stereocenters. The zero-order valence-corrected chi connectivity index (χ0v) is 17.4. The molecule has 0 bridgehead atoms. The minimum Gasteiger partial charge on any atom is -0.324 e.